The van der Waals surface area contributed by atoms with Crippen LogP contribution in [0.2, 0.25) is 0 Å². The molecule has 36 heavy (non-hydrogen) atoms. The van der Waals surface area contributed by atoms with Crippen molar-refractivity contribution in [2.75, 3.05) is 0 Å². The van der Waals surface area contributed by atoms with Gasteiger partial charge in [0.25, 0.3) is 0 Å². The molecule has 0 aliphatic heterocycles. The van der Waals surface area contributed by atoms with Gasteiger partial charge in [-0.1, -0.05) is 203 Å². The van der Waals surface area contributed by atoms with Gasteiger partial charge in [0.2, 0.25) is 0 Å². The highest BCUT2D eigenvalue weighted by molar-refractivity contribution is 4.97. The van der Waals surface area contributed by atoms with Crippen LogP contribution in [-0.4, -0.2) is 0 Å². The van der Waals surface area contributed by atoms with Crippen LogP contribution in [0.1, 0.15) is 216 Å². The van der Waals surface area contributed by atoms with Gasteiger partial charge in [0, 0.05) is 0 Å². The lowest BCUT2D eigenvalue weighted by molar-refractivity contribution is -0.0411. The molecule has 0 aromatic rings. The molecule has 0 rings (SSSR count). The Labute approximate surface area is 232 Å². The molecule has 0 aromatic carbocycles. The van der Waals surface area contributed by atoms with Crippen LogP contribution < -0.4 is 0 Å². The molecule has 0 fully saturated rings. The van der Waals surface area contributed by atoms with Crippen molar-refractivity contribution < 1.29 is 0 Å². The maximum atomic E-state index is 2.58. The van der Waals surface area contributed by atoms with Crippen molar-refractivity contribution in [1.29, 1.82) is 0 Å². The smallest absolute Gasteiger partial charge is 0.0226 e. The lowest BCUT2D eigenvalue weighted by Gasteiger charge is -2.53. The van der Waals surface area contributed by atoms with Crippen molar-refractivity contribution in [3.05, 3.63) is 0 Å². The Bertz CT molecular complexity index is 453. The van der Waals surface area contributed by atoms with E-state index in [1.807, 2.05) is 0 Å². The van der Waals surface area contributed by atoms with Gasteiger partial charge in [0.15, 0.2) is 0 Å². The first kappa shape index (κ1) is 36.0. The Kier molecular flexibility index (Phi) is 21.9. The third-order valence-corrected chi connectivity index (χ3v) is 10.1. The first-order valence-corrected chi connectivity index (χ1v) is 17.1. The van der Waals surface area contributed by atoms with Crippen LogP contribution in [0.5, 0.6) is 0 Å². The van der Waals surface area contributed by atoms with Crippen LogP contribution in [0, 0.1) is 16.2 Å². The van der Waals surface area contributed by atoms with E-state index >= 15 is 0 Å². The Balaban J connectivity index is 3.53. The van der Waals surface area contributed by atoms with Gasteiger partial charge in [-0.3, -0.25) is 0 Å². The van der Waals surface area contributed by atoms with E-state index in [2.05, 4.69) is 55.4 Å². The quantitative estimate of drug-likeness (QED) is 0.102. The normalized spacial score (nSPS) is 14.3. The van der Waals surface area contributed by atoms with E-state index in [9.17, 15) is 0 Å². The molecule has 0 saturated carbocycles. The van der Waals surface area contributed by atoms with Crippen molar-refractivity contribution in [3.8, 4) is 0 Å². The Morgan fingerprint density at radius 1 is 0.306 bits per heavy atom. The summed E-state index contributed by atoms with van der Waals surface area (Å²) < 4.78 is 0. The zero-order valence-corrected chi connectivity index (χ0v) is 27.2. The second-order valence-corrected chi connectivity index (χ2v) is 14.4. The van der Waals surface area contributed by atoms with Crippen LogP contribution in [0.3, 0.4) is 0 Å². The lowest BCUT2D eigenvalue weighted by atomic mass is 9.51. The number of rotatable bonds is 26. The van der Waals surface area contributed by atoms with E-state index in [0.29, 0.717) is 16.2 Å². The second-order valence-electron chi connectivity index (χ2n) is 14.4. The van der Waals surface area contributed by atoms with Crippen molar-refractivity contribution in [2.24, 2.45) is 16.2 Å². The molecule has 1 atom stereocenters. The van der Waals surface area contributed by atoms with Gasteiger partial charge in [0.1, 0.15) is 0 Å². The molecule has 0 heteroatoms. The first-order chi connectivity index (χ1) is 17.1. The molecule has 0 saturated heterocycles. The number of hydrogen-bond donors (Lipinski definition) is 0. The summed E-state index contributed by atoms with van der Waals surface area (Å²) in [4.78, 5) is 0. The average molecular weight is 507 g/mol. The maximum Gasteiger partial charge on any atom is -0.0226 e. The zero-order valence-electron chi connectivity index (χ0n) is 27.2. The van der Waals surface area contributed by atoms with Crippen LogP contribution in [0.4, 0.5) is 0 Å². The summed E-state index contributed by atoms with van der Waals surface area (Å²) in [6.45, 7) is 19.7. The Hall–Kier alpha value is 0. The number of unbranched alkanes of at least 4 members (excludes halogenated alkanes) is 21. The summed E-state index contributed by atoms with van der Waals surface area (Å²) in [6, 6.07) is 0. The third kappa shape index (κ3) is 16.8. The molecule has 0 bridgehead atoms. The highest BCUT2D eigenvalue weighted by Gasteiger charge is 2.47. The predicted octanol–water partition coefficient (Wildman–Crippen LogP) is 13.9. The van der Waals surface area contributed by atoms with Crippen molar-refractivity contribution in [2.45, 2.75) is 216 Å². The standard InChI is InChI=1S/C36H74/c1-9-11-12-13-14-15-16-17-18-19-20-21-22-23-24-25-26-27-28-29-30-31-33-36(8,34(3,4)5)35(6,7)32-10-2/h9-33H2,1-8H3. The molecule has 0 N–H and O–H groups in total. The monoisotopic (exact) mass is 507 g/mol. The SMILES string of the molecule is CCCCCCCCCCCCCCCCCCCCCCCCC(C)(C(C)(C)C)C(C)(C)CCC. The molecule has 0 aliphatic carbocycles. The van der Waals surface area contributed by atoms with E-state index in [0.717, 1.165) is 0 Å². The van der Waals surface area contributed by atoms with Gasteiger partial charge in [0.05, 0.1) is 0 Å². The molecule has 0 aliphatic rings. The van der Waals surface area contributed by atoms with Crippen LogP contribution >= 0.6 is 0 Å². The van der Waals surface area contributed by atoms with E-state index < -0.39 is 0 Å². The molecule has 0 aromatic heterocycles. The molecule has 0 amide bonds. The highest BCUT2D eigenvalue weighted by Crippen LogP contribution is 2.56. The average Bonchev–Trinajstić information content (AvgIpc) is 2.81. The minimum Gasteiger partial charge on any atom is -0.0654 e. The van der Waals surface area contributed by atoms with Gasteiger partial charge in [-0.05, 0) is 29.1 Å². The molecule has 0 nitrogen and oxygen atoms in total. The van der Waals surface area contributed by atoms with Gasteiger partial charge < -0.3 is 0 Å². The fraction of sp³-hybridized carbons (Fsp3) is 1.00. The fourth-order valence-corrected chi connectivity index (χ4v) is 6.72. The minimum absolute atomic E-state index is 0.374. The first-order valence-electron chi connectivity index (χ1n) is 17.1. The van der Waals surface area contributed by atoms with E-state index in [4.69, 9.17) is 0 Å². The molecule has 0 radical (unpaired) electrons. The predicted molar refractivity (Wildman–Crippen MR) is 168 cm³/mol. The van der Waals surface area contributed by atoms with Crippen LogP contribution in [-0.2, 0) is 0 Å². The second kappa shape index (κ2) is 21.9. The van der Waals surface area contributed by atoms with E-state index in [1.165, 1.54) is 161 Å². The fourth-order valence-electron chi connectivity index (χ4n) is 6.72. The van der Waals surface area contributed by atoms with Crippen molar-refractivity contribution in [3.63, 3.8) is 0 Å². The van der Waals surface area contributed by atoms with Gasteiger partial charge in [-0.15, -0.1) is 0 Å². The lowest BCUT2D eigenvalue weighted by Crippen LogP contribution is -2.45. The Morgan fingerprint density at radius 3 is 0.833 bits per heavy atom. The molecule has 1 unspecified atom stereocenters. The van der Waals surface area contributed by atoms with Gasteiger partial charge in [-0.2, -0.15) is 0 Å². The maximum absolute atomic E-state index is 2.58. The van der Waals surface area contributed by atoms with E-state index in [-0.39, 0.29) is 0 Å². The summed E-state index contributed by atoms with van der Waals surface area (Å²) in [5, 5.41) is 0. The minimum atomic E-state index is 0.374. The summed E-state index contributed by atoms with van der Waals surface area (Å²) >= 11 is 0. The molecule has 218 valence electrons. The summed E-state index contributed by atoms with van der Waals surface area (Å²) in [5.74, 6) is 0. The topological polar surface area (TPSA) is 0 Å². The zero-order chi connectivity index (χ0) is 27.2. The van der Waals surface area contributed by atoms with Crippen molar-refractivity contribution >= 4 is 0 Å². The summed E-state index contributed by atoms with van der Waals surface area (Å²) in [5.41, 5.74) is 1.22. The summed E-state index contributed by atoms with van der Waals surface area (Å²) in [6.07, 6.45) is 36.3. The van der Waals surface area contributed by atoms with Crippen LogP contribution in [0.15, 0.2) is 0 Å². The van der Waals surface area contributed by atoms with E-state index in [1.54, 1.807) is 0 Å². The van der Waals surface area contributed by atoms with Gasteiger partial charge >= 0.3 is 0 Å². The molecule has 0 heterocycles. The third-order valence-electron chi connectivity index (χ3n) is 10.1. The Morgan fingerprint density at radius 2 is 0.583 bits per heavy atom. The molecular weight excluding hydrogens is 432 g/mol. The largest absolute Gasteiger partial charge is 0.0654 e. The molecular formula is C36H74. The highest BCUT2D eigenvalue weighted by atomic mass is 14.5. The van der Waals surface area contributed by atoms with Crippen molar-refractivity contribution in [1.82, 2.24) is 0 Å². The summed E-state index contributed by atoms with van der Waals surface area (Å²) in [7, 11) is 0. The van der Waals surface area contributed by atoms with Crippen LogP contribution in [0.25, 0.3) is 0 Å². The molecule has 0 spiro atoms. The number of hydrogen-bond acceptors (Lipinski definition) is 0. The van der Waals surface area contributed by atoms with Gasteiger partial charge in [-0.25, -0.2) is 0 Å².